The Hall–Kier alpha value is -1.41. The molecule has 1 aromatic carbocycles. The Bertz CT molecular complexity index is 487. The Morgan fingerprint density at radius 1 is 1.19 bits per heavy atom. The van der Waals surface area contributed by atoms with Gasteiger partial charge in [0.1, 0.15) is 0 Å². The van der Waals surface area contributed by atoms with Crippen molar-refractivity contribution >= 4 is 10.9 Å². The quantitative estimate of drug-likeness (QED) is 0.826. The summed E-state index contributed by atoms with van der Waals surface area (Å²) in [5.74, 6) is 0.772. The Balaban J connectivity index is 1.86. The largest absolute Gasteiger partial charge is 0.316 e. The summed E-state index contributed by atoms with van der Waals surface area (Å²) in [4.78, 5) is 4.71. The molecule has 82 valence electrons. The zero-order chi connectivity index (χ0) is 10.8. The van der Waals surface area contributed by atoms with Gasteiger partial charge in [-0.1, -0.05) is 24.3 Å². The lowest BCUT2D eigenvalue weighted by atomic mass is 10.0. The molecule has 2 aromatic rings. The standard InChI is InChI=1S/C14H16N2/c1-2-4-14-12(3-1)5-6-13(16-14)9-11-7-8-15-10-11/h1-6,11,15H,7-10H2. The Labute approximate surface area is 95.7 Å². The topological polar surface area (TPSA) is 24.9 Å². The van der Waals surface area contributed by atoms with E-state index < -0.39 is 0 Å². The van der Waals surface area contributed by atoms with Crippen LogP contribution >= 0.6 is 0 Å². The third-order valence-corrected chi connectivity index (χ3v) is 3.32. The van der Waals surface area contributed by atoms with Crippen molar-refractivity contribution in [2.75, 3.05) is 13.1 Å². The van der Waals surface area contributed by atoms with Crippen LogP contribution in [-0.4, -0.2) is 18.1 Å². The molecule has 2 nitrogen and oxygen atoms in total. The second kappa shape index (κ2) is 4.22. The van der Waals surface area contributed by atoms with Gasteiger partial charge in [0.2, 0.25) is 0 Å². The van der Waals surface area contributed by atoms with Crippen molar-refractivity contribution in [3.8, 4) is 0 Å². The first-order chi connectivity index (χ1) is 7.92. The van der Waals surface area contributed by atoms with E-state index in [9.17, 15) is 0 Å². The van der Waals surface area contributed by atoms with Crippen LogP contribution in [0.2, 0.25) is 0 Å². The number of nitrogens with zero attached hydrogens (tertiary/aromatic N) is 1. The highest BCUT2D eigenvalue weighted by Crippen LogP contribution is 2.17. The van der Waals surface area contributed by atoms with Crippen molar-refractivity contribution in [2.45, 2.75) is 12.8 Å². The molecule has 1 unspecified atom stereocenters. The van der Waals surface area contributed by atoms with Crippen LogP contribution in [0.3, 0.4) is 0 Å². The number of benzene rings is 1. The summed E-state index contributed by atoms with van der Waals surface area (Å²) in [7, 11) is 0. The fourth-order valence-corrected chi connectivity index (χ4v) is 2.41. The Morgan fingerprint density at radius 3 is 3.00 bits per heavy atom. The maximum Gasteiger partial charge on any atom is 0.0705 e. The van der Waals surface area contributed by atoms with Gasteiger partial charge in [-0.3, -0.25) is 4.98 Å². The van der Waals surface area contributed by atoms with E-state index in [1.165, 1.54) is 17.5 Å². The first-order valence-corrected chi connectivity index (χ1v) is 5.97. The molecule has 1 aliphatic heterocycles. The molecule has 0 bridgehead atoms. The number of para-hydroxylation sites is 1. The summed E-state index contributed by atoms with van der Waals surface area (Å²) in [5.41, 5.74) is 2.35. The normalized spacial score (nSPS) is 20.4. The van der Waals surface area contributed by atoms with E-state index in [0.29, 0.717) is 0 Å². The lowest BCUT2D eigenvalue weighted by Crippen LogP contribution is -2.11. The maximum atomic E-state index is 4.71. The van der Waals surface area contributed by atoms with Crippen molar-refractivity contribution in [1.82, 2.24) is 10.3 Å². The average Bonchev–Trinajstić information content (AvgIpc) is 2.82. The molecule has 1 aromatic heterocycles. The van der Waals surface area contributed by atoms with E-state index in [4.69, 9.17) is 4.98 Å². The van der Waals surface area contributed by atoms with E-state index in [2.05, 4.69) is 41.7 Å². The highest BCUT2D eigenvalue weighted by Gasteiger charge is 2.15. The molecule has 1 N–H and O–H groups in total. The molecule has 0 spiro atoms. The minimum absolute atomic E-state index is 0.772. The fourth-order valence-electron chi connectivity index (χ4n) is 2.41. The van der Waals surface area contributed by atoms with Crippen LogP contribution in [-0.2, 0) is 6.42 Å². The SMILES string of the molecule is c1ccc2nc(CC3CCNC3)ccc2c1. The molecule has 1 atom stereocenters. The van der Waals surface area contributed by atoms with Crippen molar-refractivity contribution in [3.05, 3.63) is 42.1 Å². The van der Waals surface area contributed by atoms with Gasteiger partial charge in [0.15, 0.2) is 0 Å². The van der Waals surface area contributed by atoms with Gasteiger partial charge in [-0.2, -0.15) is 0 Å². The van der Waals surface area contributed by atoms with Crippen LogP contribution in [0.1, 0.15) is 12.1 Å². The summed E-state index contributed by atoms with van der Waals surface area (Å²) in [6.45, 7) is 2.31. The van der Waals surface area contributed by atoms with Gasteiger partial charge in [0.05, 0.1) is 5.52 Å². The number of aromatic nitrogens is 1. The summed E-state index contributed by atoms with van der Waals surface area (Å²) >= 11 is 0. The molecule has 0 radical (unpaired) electrons. The van der Waals surface area contributed by atoms with E-state index in [-0.39, 0.29) is 0 Å². The predicted octanol–water partition coefficient (Wildman–Crippen LogP) is 2.39. The molecule has 2 heterocycles. The van der Waals surface area contributed by atoms with Gasteiger partial charge in [-0.25, -0.2) is 0 Å². The number of hydrogen-bond donors (Lipinski definition) is 1. The van der Waals surface area contributed by atoms with Crippen molar-refractivity contribution < 1.29 is 0 Å². The summed E-state index contributed by atoms with van der Waals surface area (Å²) in [6, 6.07) is 12.7. The molecular weight excluding hydrogens is 196 g/mol. The first-order valence-electron chi connectivity index (χ1n) is 5.97. The molecule has 0 amide bonds. The smallest absolute Gasteiger partial charge is 0.0705 e. The van der Waals surface area contributed by atoms with Gasteiger partial charge in [0.25, 0.3) is 0 Å². The van der Waals surface area contributed by atoms with Gasteiger partial charge in [0, 0.05) is 11.1 Å². The Kier molecular flexibility index (Phi) is 2.58. The predicted molar refractivity (Wildman–Crippen MR) is 66.4 cm³/mol. The van der Waals surface area contributed by atoms with E-state index in [1.54, 1.807) is 0 Å². The van der Waals surface area contributed by atoms with Crippen molar-refractivity contribution in [1.29, 1.82) is 0 Å². The number of pyridine rings is 1. The zero-order valence-electron chi connectivity index (χ0n) is 9.32. The monoisotopic (exact) mass is 212 g/mol. The summed E-state index contributed by atoms with van der Waals surface area (Å²) in [5, 5.41) is 4.63. The van der Waals surface area contributed by atoms with E-state index in [1.807, 2.05) is 0 Å². The fraction of sp³-hybridized carbons (Fsp3) is 0.357. The second-order valence-corrected chi connectivity index (χ2v) is 4.56. The van der Waals surface area contributed by atoms with Crippen molar-refractivity contribution in [2.24, 2.45) is 5.92 Å². The molecule has 16 heavy (non-hydrogen) atoms. The van der Waals surface area contributed by atoms with Crippen LogP contribution in [0.4, 0.5) is 0 Å². The van der Waals surface area contributed by atoms with Crippen LogP contribution in [0, 0.1) is 5.92 Å². The number of nitrogens with one attached hydrogen (secondary N) is 1. The van der Waals surface area contributed by atoms with Gasteiger partial charge in [-0.15, -0.1) is 0 Å². The highest BCUT2D eigenvalue weighted by atomic mass is 14.9. The molecule has 1 fully saturated rings. The van der Waals surface area contributed by atoms with Crippen LogP contribution < -0.4 is 5.32 Å². The molecular formula is C14H16N2. The van der Waals surface area contributed by atoms with Gasteiger partial charge in [-0.05, 0) is 44.0 Å². The summed E-state index contributed by atoms with van der Waals surface area (Å²) < 4.78 is 0. The Morgan fingerprint density at radius 2 is 2.12 bits per heavy atom. The minimum Gasteiger partial charge on any atom is -0.316 e. The van der Waals surface area contributed by atoms with E-state index >= 15 is 0 Å². The maximum absolute atomic E-state index is 4.71. The molecule has 0 saturated carbocycles. The molecule has 3 rings (SSSR count). The highest BCUT2D eigenvalue weighted by molar-refractivity contribution is 5.78. The number of fused-ring (bicyclic) bond motifs is 1. The first kappa shape index (κ1) is 9.79. The minimum atomic E-state index is 0.772. The van der Waals surface area contributed by atoms with Crippen LogP contribution in [0.5, 0.6) is 0 Å². The lowest BCUT2D eigenvalue weighted by molar-refractivity contribution is 0.573. The second-order valence-electron chi connectivity index (χ2n) is 4.56. The third-order valence-electron chi connectivity index (χ3n) is 3.32. The number of rotatable bonds is 2. The molecule has 0 aliphatic carbocycles. The van der Waals surface area contributed by atoms with Crippen LogP contribution in [0.15, 0.2) is 36.4 Å². The summed E-state index contributed by atoms with van der Waals surface area (Å²) in [6.07, 6.45) is 2.40. The average molecular weight is 212 g/mol. The van der Waals surface area contributed by atoms with Gasteiger partial charge >= 0.3 is 0 Å². The van der Waals surface area contributed by atoms with Crippen LogP contribution in [0.25, 0.3) is 10.9 Å². The van der Waals surface area contributed by atoms with Crippen molar-refractivity contribution in [3.63, 3.8) is 0 Å². The number of hydrogen-bond acceptors (Lipinski definition) is 2. The third kappa shape index (κ3) is 1.93. The van der Waals surface area contributed by atoms with Gasteiger partial charge < -0.3 is 5.32 Å². The zero-order valence-corrected chi connectivity index (χ0v) is 9.32. The molecule has 1 aliphatic rings. The lowest BCUT2D eigenvalue weighted by Gasteiger charge is -2.08. The van der Waals surface area contributed by atoms with E-state index in [0.717, 1.165) is 30.9 Å². The molecule has 2 heteroatoms. The molecule has 1 saturated heterocycles.